The number of hydrogen-bond donors (Lipinski definition) is 2. The second-order valence-electron chi connectivity index (χ2n) is 6.73. The van der Waals surface area contributed by atoms with Gasteiger partial charge in [0.15, 0.2) is 18.1 Å². The van der Waals surface area contributed by atoms with Crippen LogP contribution in [0.5, 0.6) is 17.2 Å². The number of carbonyl (C=O) groups excluding carboxylic acids is 3. The molecule has 0 aromatic heterocycles. The number of ether oxygens (including phenoxy) is 4. The number of rotatable bonds is 9. The number of benzene rings is 2. The minimum Gasteiger partial charge on any atom is -0.493 e. The smallest absolute Gasteiger partial charge is 0.328 e. The summed E-state index contributed by atoms with van der Waals surface area (Å²) in [4.78, 5) is 36.8. The molecule has 0 aliphatic carbocycles. The van der Waals surface area contributed by atoms with Gasteiger partial charge in [0.1, 0.15) is 6.04 Å². The predicted octanol–water partition coefficient (Wildman–Crippen LogP) is 2.97. The largest absolute Gasteiger partial charge is 0.493 e. The normalized spacial score (nSPS) is 11.2. The Morgan fingerprint density at radius 1 is 1.00 bits per heavy atom. The van der Waals surface area contributed by atoms with Crippen molar-refractivity contribution in [1.29, 1.82) is 0 Å². The molecule has 0 bridgehead atoms. The third-order valence-corrected chi connectivity index (χ3v) is 4.84. The molecule has 9 nitrogen and oxygen atoms in total. The average Bonchev–Trinajstić information content (AvgIpc) is 2.78. The SMILES string of the molecule is COc1cc(C(=O)NC(C)C(=O)OCC(=O)Nc2ccc(C)c(Cl)c2)cc(OC)c1OC. The van der Waals surface area contributed by atoms with Crippen molar-refractivity contribution in [1.82, 2.24) is 5.32 Å². The summed E-state index contributed by atoms with van der Waals surface area (Å²) in [7, 11) is 4.30. The standard InChI is InChI=1S/C22H25ClN2O7/c1-12-6-7-15(10-16(12)23)25-19(26)11-32-22(28)13(2)24-21(27)14-8-17(29-3)20(31-5)18(9-14)30-4/h6-10,13H,11H2,1-5H3,(H,24,27)(H,25,26). The molecule has 0 aliphatic heterocycles. The van der Waals surface area contributed by atoms with Gasteiger partial charge in [-0.1, -0.05) is 17.7 Å². The van der Waals surface area contributed by atoms with E-state index in [4.69, 9.17) is 30.5 Å². The second-order valence-corrected chi connectivity index (χ2v) is 7.14. The van der Waals surface area contributed by atoms with Crippen LogP contribution in [0.1, 0.15) is 22.8 Å². The highest BCUT2D eigenvalue weighted by Gasteiger charge is 2.22. The number of halogens is 1. The van der Waals surface area contributed by atoms with Crippen molar-refractivity contribution in [3.63, 3.8) is 0 Å². The maximum absolute atomic E-state index is 12.6. The molecule has 2 aromatic carbocycles. The van der Waals surface area contributed by atoms with E-state index >= 15 is 0 Å². The molecular weight excluding hydrogens is 440 g/mol. The Labute approximate surface area is 190 Å². The van der Waals surface area contributed by atoms with Gasteiger partial charge < -0.3 is 29.6 Å². The Morgan fingerprint density at radius 3 is 2.16 bits per heavy atom. The van der Waals surface area contributed by atoms with Gasteiger partial charge in [-0.25, -0.2) is 4.79 Å². The number of anilines is 1. The van der Waals surface area contributed by atoms with E-state index in [0.717, 1.165) is 5.56 Å². The fourth-order valence-corrected chi connectivity index (χ4v) is 2.86. The molecule has 0 aliphatic rings. The molecule has 0 heterocycles. The van der Waals surface area contributed by atoms with Gasteiger partial charge in [-0.05, 0) is 43.7 Å². The minimum absolute atomic E-state index is 0.188. The summed E-state index contributed by atoms with van der Waals surface area (Å²) in [5, 5.41) is 5.59. The lowest BCUT2D eigenvalue weighted by atomic mass is 10.1. The fraction of sp³-hybridized carbons (Fsp3) is 0.318. The third-order valence-electron chi connectivity index (χ3n) is 4.43. The van der Waals surface area contributed by atoms with Gasteiger partial charge in [0.2, 0.25) is 5.75 Å². The average molecular weight is 465 g/mol. The van der Waals surface area contributed by atoms with Gasteiger partial charge >= 0.3 is 5.97 Å². The maximum Gasteiger partial charge on any atom is 0.328 e. The van der Waals surface area contributed by atoms with Crippen LogP contribution in [0.4, 0.5) is 5.69 Å². The first kappa shape index (κ1) is 24.8. The Kier molecular flexibility index (Phi) is 8.71. The maximum atomic E-state index is 12.6. The summed E-state index contributed by atoms with van der Waals surface area (Å²) < 4.78 is 20.6. The first-order valence-electron chi connectivity index (χ1n) is 9.53. The zero-order chi connectivity index (χ0) is 23.8. The Balaban J connectivity index is 1.94. The van der Waals surface area contributed by atoms with Crippen molar-refractivity contribution < 1.29 is 33.3 Å². The number of methoxy groups -OCH3 is 3. The Bertz CT molecular complexity index is 985. The van der Waals surface area contributed by atoms with Crippen molar-refractivity contribution in [2.24, 2.45) is 0 Å². The van der Waals surface area contributed by atoms with Crippen molar-refractivity contribution in [2.45, 2.75) is 19.9 Å². The van der Waals surface area contributed by atoms with Gasteiger partial charge in [-0.3, -0.25) is 9.59 Å². The zero-order valence-electron chi connectivity index (χ0n) is 18.4. The van der Waals surface area contributed by atoms with Crippen LogP contribution in [0.3, 0.4) is 0 Å². The summed E-state index contributed by atoms with van der Waals surface area (Å²) in [6, 6.07) is 6.93. The lowest BCUT2D eigenvalue weighted by Gasteiger charge is -2.16. The van der Waals surface area contributed by atoms with E-state index < -0.39 is 30.4 Å². The molecule has 0 fully saturated rings. The van der Waals surface area contributed by atoms with Crippen molar-refractivity contribution in [3.8, 4) is 17.2 Å². The van der Waals surface area contributed by atoms with Crippen LogP contribution in [0.25, 0.3) is 0 Å². The van der Waals surface area contributed by atoms with E-state index in [-0.39, 0.29) is 5.56 Å². The van der Waals surface area contributed by atoms with E-state index in [1.807, 2.05) is 6.92 Å². The van der Waals surface area contributed by atoms with Crippen molar-refractivity contribution in [3.05, 3.63) is 46.5 Å². The molecule has 0 spiro atoms. The van der Waals surface area contributed by atoms with Crippen LogP contribution in [0, 0.1) is 6.92 Å². The van der Waals surface area contributed by atoms with E-state index in [0.29, 0.717) is 28.0 Å². The molecule has 32 heavy (non-hydrogen) atoms. The van der Waals surface area contributed by atoms with Crippen LogP contribution >= 0.6 is 11.6 Å². The monoisotopic (exact) mass is 464 g/mol. The minimum atomic E-state index is -1.01. The summed E-state index contributed by atoms with van der Waals surface area (Å²) >= 11 is 6.02. The molecule has 2 N–H and O–H groups in total. The molecule has 0 radical (unpaired) electrons. The lowest BCUT2D eigenvalue weighted by molar-refractivity contribution is -0.148. The molecule has 1 unspecified atom stereocenters. The summed E-state index contributed by atoms with van der Waals surface area (Å²) in [5.41, 5.74) is 1.53. The van der Waals surface area contributed by atoms with Crippen LogP contribution in [0.15, 0.2) is 30.3 Å². The van der Waals surface area contributed by atoms with Crippen LogP contribution in [0.2, 0.25) is 5.02 Å². The topological polar surface area (TPSA) is 112 Å². The number of hydrogen-bond acceptors (Lipinski definition) is 7. The number of carbonyl (C=O) groups is 3. The third kappa shape index (κ3) is 6.27. The summed E-state index contributed by atoms with van der Waals surface area (Å²) in [6.07, 6.45) is 0. The highest BCUT2D eigenvalue weighted by molar-refractivity contribution is 6.31. The van der Waals surface area contributed by atoms with Crippen LogP contribution in [-0.4, -0.2) is 51.8 Å². The fourth-order valence-electron chi connectivity index (χ4n) is 2.68. The van der Waals surface area contributed by atoms with E-state index in [2.05, 4.69) is 10.6 Å². The van der Waals surface area contributed by atoms with Gasteiger partial charge in [0.05, 0.1) is 21.3 Å². The first-order valence-corrected chi connectivity index (χ1v) is 9.91. The Morgan fingerprint density at radius 2 is 1.62 bits per heavy atom. The molecule has 2 aromatic rings. The summed E-state index contributed by atoms with van der Waals surface area (Å²) in [5.74, 6) is -0.961. The quantitative estimate of drug-likeness (QED) is 0.548. The number of aryl methyl sites for hydroxylation is 1. The van der Waals surface area contributed by atoms with Gasteiger partial charge in [-0.15, -0.1) is 0 Å². The van der Waals surface area contributed by atoms with Crippen molar-refractivity contribution in [2.75, 3.05) is 33.3 Å². The van der Waals surface area contributed by atoms with E-state index in [1.165, 1.54) is 40.4 Å². The number of esters is 1. The number of amides is 2. The van der Waals surface area contributed by atoms with Crippen LogP contribution in [-0.2, 0) is 14.3 Å². The molecular formula is C22H25ClN2O7. The number of nitrogens with one attached hydrogen (secondary N) is 2. The van der Waals surface area contributed by atoms with Gasteiger partial charge in [-0.2, -0.15) is 0 Å². The second kappa shape index (κ2) is 11.2. The van der Waals surface area contributed by atoms with Gasteiger partial charge in [0.25, 0.3) is 11.8 Å². The van der Waals surface area contributed by atoms with Crippen LogP contribution < -0.4 is 24.8 Å². The molecule has 2 amide bonds. The van der Waals surface area contributed by atoms with Crippen molar-refractivity contribution >= 4 is 35.1 Å². The van der Waals surface area contributed by atoms with E-state index in [9.17, 15) is 14.4 Å². The highest BCUT2D eigenvalue weighted by atomic mass is 35.5. The molecule has 2 rings (SSSR count). The first-order chi connectivity index (χ1) is 15.2. The predicted molar refractivity (Wildman–Crippen MR) is 119 cm³/mol. The molecule has 0 saturated heterocycles. The zero-order valence-corrected chi connectivity index (χ0v) is 19.2. The highest BCUT2D eigenvalue weighted by Crippen LogP contribution is 2.38. The molecule has 10 heteroatoms. The Hall–Kier alpha value is -3.46. The summed E-state index contributed by atoms with van der Waals surface area (Å²) in [6.45, 7) is 2.76. The molecule has 0 saturated carbocycles. The van der Waals surface area contributed by atoms with Gasteiger partial charge in [0, 0.05) is 16.3 Å². The lowest BCUT2D eigenvalue weighted by Crippen LogP contribution is -2.40. The van der Waals surface area contributed by atoms with E-state index in [1.54, 1.807) is 18.2 Å². The molecule has 172 valence electrons. The molecule has 1 atom stereocenters.